The molecule has 1 N–H and O–H groups in total. The topological polar surface area (TPSA) is 217 Å². The van der Waals surface area contributed by atoms with Gasteiger partial charge in [0.15, 0.2) is 6.10 Å². The zero-order valence-corrected chi connectivity index (χ0v) is 21.4. The summed E-state index contributed by atoms with van der Waals surface area (Å²) >= 11 is 0. The number of amides is 1. The number of benzene rings is 1. The van der Waals surface area contributed by atoms with Gasteiger partial charge in [0, 0.05) is 25.7 Å². The molecule has 1 amide bonds. The van der Waals surface area contributed by atoms with Crippen molar-refractivity contribution in [1.29, 1.82) is 0 Å². The van der Waals surface area contributed by atoms with Gasteiger partial charge in [-0.15, -0.1) is 0 Å². The molecule has 1 aromatic carbocycles. The molecule has 1 unspecified atom stereocenters. The van der Waals surface area contributed by atoms with E-state index in [1.807, 2.05) is 0 Å². The van der Waals surface area contributed by atoms with Crippen LogP contribution in [0.15, 0.2) is 18.2 Å². The molecule has 0 radical (unpaired) electrons. The normalized spacial score (nSPS) is 12.7. The predicted molar refractivity (Wildman–Crippen MR) is 126 cm³/mol. The van der Waals surface area contributed by atoms with E-state index < -0.39 is 79.8 Å². The van der Waals surface area contributed by atoms with Gasteiger partial charge in [0.05, 0.1) is 48.2 Å². The molecule has 16 nitrogen and oxygen atoms in total. The van der Waals surface area contributed by atoms with Crippen LogP contribution >= 0.6 is 0 Å². The Bertz CT molecular complexity index is 1150. The predicted octanol–water partition coefficient (Wildman–Crippen LogP) is -0.139. The minimum absolute atomic E-state index is 0.137. The van der Waals surface area contributed by atoms with E-state index >= 15 is 0 Å². The van der Waals surface area contributed by atoms with Crippen molar-refractivity contribution in [2.75, 3.05) is 56.8 Å². The standard InChI is InChI=1S/C18H28N4O12S2/c1-4-7-19(8-10-23)18(24)17(34-36(3,31)32)13-20(9-11-33-35(2,29)30)15-6-5-14(21(25)26)12-16(15)22(27)28/h5-6,12,17,23H,4,7-11,13H2,1-3H3. The van der Waals surface area contributed by atoms with Gasteiger partial charge in [-0.2, -0.15) is 16.8 Å². The van der Waals surface area contributed by atoms with Gasteiger partial charge in [-0.05, 0) is 12.5 Å². The summed E-state index contributed by atoms with van der Waals surface area (Å²) in [4.78, 5) is 36.3. The van der Waals surface area contributed by atoms with E-state index in [2.05, 4.69) is 4.18 Å². The van der Waals surface area contributed by atoms with Crippen molar-refractivity contribution in [3.63, 3.8) is 0 Å². The lowest BCUT2D eigenvalue weighted by atomic mass is 10.2. The summed E-state index contributed by atoms with van der Waals surface area (Å²) in [6.07, 6.45) is 0.153. The molecule has 0 saturated heterocycles. The first kappa shape index (κ1) is 31.1. The lowest BCUT2D eigenvalue weighted by molar-refractivity contribution is -0.393. The van der Waals surface area contributed by atoms with E-state index in [0.29, 0.717) is 18.7 Å². The molecule has 0 aromatic heterocycles. The summed E-state index contributed by atoms with van der Waals surface area (Å²) in [7, 11) is -8.16. The third-order valence-corrected chi connectivity index (χ3v) is 5.67. The SMILES string of the molecule is CCCN(CCO)C(=O)C(CN(CCOS(C)(=O)=O)c1ccc([N+](=O)[O-])cc1[N+](=O)[O-])OS(C)(=O)=O. The largest absolute Gasteiger partial charge is 0.395 e. The number of nitro groups is 2. The van der Waals surface area contributed by atoms with Crippen molar-refractivity contribution in [2.45, 2.75) is 19.4 Å². The van der Waals surface area contributed by atoms with E-state index in [4.69, 9.17) is 4.18 Å². The third kappa shape index (κ3) is 10.4. The first-order valence-electron chi connectivity index (χ1n) is 10.4. The molecular weight excluding hydrogens is 528 g/mol. The Hall–Kier alpha value is -2.93. The maximum Gasteiger partial charge on any atom is 0.299 e. The Balaban J connectivity index is 3.55. The van der Waals surface area contributed by atoms with E-state index in [-0.39, 0.29) is 18.8 Å². The van der Waals surface area contributed by atoms with Gasteiger partial charge in [-0.25, -0.2) is 0 Å². The lowest BCUT2D eigenvalue weighted by Gasteiger charge is -2.31. The molecule has 36 heavy (non-hydrogen) atoms. The molecule has 0 bridgehead atoms. The molecule has 0 aliphatic heterocycles. The molecule has 18 heteroatoms. The Morgan fingerprint density at radius 1 is 1.06 bits per heavy atom. The molecule has 0 fully saturated rings. The van der Waals surface area contributed by atoms with Crippen molar-refractivity contribution >= 4 is 43.2 Å². The van der Waals surface area contributed by atoms with Crippen LogP contribution in [0, 0.1) is 20.2 Å². The van der Waals surface area contributed by atoms with Crippen LogP contribution in [0.3, 0.4) is 0 Å². The molecular formula is C18H28N4O12S2. The molecule has 0 heterocycles. The van der Waals surface area contributed by atoms with Crippen LogP contribution < -0.4 is 4.90 Å². The number of aliphatic hydroxyl groups excluding tert-OH is 1. The Kier molecular flexibility index (Phi) is 11.6. The Morgan fingerprint density at radius 3 is 2.17 bits per heavy atom. The highest BCUT2D eigenvalue weighted by molar-refractivity contribution is 7.86. The fraction of sp³-hybridized carbons (Fsp3) is 0.611. The maximum atomic E-state index is 13.1. The van der Waals surface area contributed by atoms with Crippen LogP contribution in [0.1, 0.15) is 13.3 Å². The number of carbonyl (C=O) groups excluding carboxylic acids is 1. The monoisotopic (exact) mass is 556 g/mol. The van der Waals surface area contributed by atoms with Gasteiger partial charge in [0.25, 0.3) is 37.5 Å². The fourth-order valence-corrected chi connectivity index (χ4v) is 4.08. The number of non-ortho nitro benzene ring substituents is 1. The fourth-order valence-electron chi connectivity index (χ4n) is 3.14. The smallest absolute Gasteiger partial charge is 0.299 e. The van der Waals surface area contributed by atoms with Crippen LogP contribution in [0.5, 0.6) is 0 Å². The van der Waals surface area contributed by atoms with Gasteiger partial charge >= 0.3 is 0 Å². The maximum absolute atomic E-state index is 13.1. The van der Waals surface area contributed by atoms with Crippen LogP contribution in [0.2, 0.25) is 0 Å². The second kappa shape index (κ2) is 13.4. The molecule has 0 saturated carbocycles. The van der Waals surface area contributed by atoms with Gasteiger partial charge < -0.3 is 14.9 Å². The Labute approximate surface area is 207 Å². The number of nitrogens with zero attached hydrogens (tertiary/aromatic N) is 4. The van der Waals surface area contributed by atoms with Gasteiger partial charge in [0.2, 0.25) is 0 Å². The number of nitro benzene ring substituents is 2. The van der Waals surface area contributed by atoms with Crippen molar-refractivity contribution in [3.8, 4) is 0 Å². The zero-order chi connectivity index (χ0) is 27.7. The second-order valence-corrected chi connectivity index (χ2v) is 10.7. The number of anilines is 1. The number of hydrogen-bond donors (Lipinski definition) is 1. The summed E-state index contributed by atoms with van der Waals surface area (Å²) in [5, 5.41) is 32.0. The molecule has 1 rings (SSSR count). The van der Waals surface area contributed by atoms with Crippen molar-refractivity contribution in [2.24, 2.45) is 0 Å². The highest BCUT2D eigenvalue weighted by atomic mass is 32.2. The average molecular weight is 557 g/mol. The van der Waals surface area contributed by atoms with E-state index in [1.54, 1.807) is 6.92 Å². The number of aliphatic hydroxyl groups is 1. The number of carbonyl (C=O) groups is 1. The van der Waals surface area contributed by atoms with E-state index in [9.17, 15) is 47.0 Å². The van der Waals surface area contributed by atoms with Crippen molar-refractivity contribution in [3.05, 3.63) is 38.4 Å². The molecule has 1 atom stereocenters. The highest BCUT2D eigenvalue weighted by Gasteiger charge is 2.33. The summed E-state index contributed by atoms with van der Waals surface area (Å²) in [5.74, 6) is -0.852. The molecule has 0 aliphatic carbocycles. The Morgan fingerprint density at radius 2 is 1.69 bits per heavy atom. The number of rotatable bonds is 16. The molecule has 204 valence electrons. The average Bonchev–Trinajstić information content (AvgIpc) is 2.75. The molecule has 0 aliphatic rings. The summed E-state index contributed by atoms with van der Waals surface area (Å²) in [6.45, 7) is -0.305. The first-order valence-corrected chi connectivity index (χ1v) is 14.0. The number of hydrogen-bond acceptors (Lipinski definition) is 13. The minimum atomic E-state index is -4.23. The van der Waals surface area contributed by atoms with Gasteiger partial charge in [-0.1, -0.05) is 6.92 Å². The van der Waals surface area contributed by atoms with Gasteiger partial charge in [0.1, 0.15) is 5.69 Å². The van der Waals surface area contributed by atoms with Crippen LogP contribution in [-0.2, 0) is 33.4 Å². The molecule has 1 aromatic rings. The lowest BCUT2D eigenvalue weighted by Crippen LogP contribution is -2.49. The third-order valence-electron chi connectivity index (χ3n) is 4.49. The first-order chi connectivity index (χ1) is 16.6. The van der Waals surface area contributed by atoms with Crippen molar-refractivity contribution in [1.82, 2.24) is 4.90 Å². The van der Waals surface area contributed by atoms with Crippen LogP contribution in [0.25, 0.3) is 0 Å². The summed E-state index contributed by atoms with van der Waals surface area (Å²) in [6, 6.07) is 2.63. The second-order valence-electron chi connectivity index (χ2n) is 7.50. The van der Waals surface area contributed by atoms with Crippen LogP contribution in [0.4, 0.5) is 17.1 Å². The zero-order valence-electron chi connectivity index (χ0n) is 19.8. The van der Waals surface area contributed by atoms with Gasteiger partial charge in [-0.3, -0.25) is 33.4 Å². The van der Waals surface area contributed by atoms with E-state index in [1.165, 1.54) is 0 Å². The van der Waals surface area contributed by atoms with E-state index in [0.717, 1.165) is 28.2 Å². The highest BCUT2D eigenvalue weighted by Crippen LogP contribution is 2.32. The van der Waals surface area contributed by atoms with Crippen LogP contribution in [-0.4, -0.2) is 101 Å². The molecule has 0 spiro atoms. The minimum Gasteiger partial charge on any atom is -0.395 e. The summed E-state index contributed by atoms with van der Waals surface area (Å²) in [5.41, 5.74) is -1.63. The summed E-state index contributed by atoms with van der Waals surface area (Å²) < 4.78 is 56.2. The van der Waals surface area contributed by atoms with Crippen molar-refractivity contribution < 1.29 is 44.9 Å². The quantitative estimate of drug-likeness (QED) is 0.159.